The quantitative estimate of drug-likeness (QED) is 0.387. The van der Waals surface area contributed by atoms with Crippen LogP contribution in [0.15, 0.2) is 28.9 Å². The predicted octanol–water partition coefficient (Wildman–Crippen LogP) is 1.97. The molecule has 10 nitrogen and oxygen atoms in total. The largest absolute Gasteiger partial charge is 0.456 e. The Bertz CT molecular complexity index is 1050. The number of nitrogens with one attached hydrogen (secondary N) is 1. The summed E-state index contributed by atoms with van der Waals surface area (Å²) in [4.78, 5) is 20.9. The summed E-state index contributed by atoms with van der Waals surface area (Å²) in [7, 11) is -4.32. The van der Waals surface area contributed by atoms with Crippen molar-refractivity contribution in [3.8, 4) is 0 Å². The van der Waals surface area contributed by atoms with Gasteiger partial charge in [0.25, 0.3) is 10.0 Å². The third kappa shape index (κ3) is 4.84. The number of sulfonamides is 1. The fourth-order valence-corrected chi connectivity index (χ4v) is 4.99. The van der Waals surface area contributed by atoms with Crippen LogP contribution in [0.25, 0.3) is 0 Å². The average molecular weight is 453 g/mol. The Morgan fingerprint density at radius 3 is 2.45 bits per heavy atom. The van der Waals surface area contributed by atoms with Gasteiger partial charge < -0.3 is 10.2 Å². The van der Waals surface area contributed by atoms with Crippen molar-refractivity contribution in [2.75, 3.05) is 0 Å². The second-order valence-electron chi connectivity index (χ2n) is 7.50. The van der Waals surface area contributed by atoms with Gasteiger partial charge >= 0.3 is 5.91 Å². The molecule has 1 atom stereocenters. The predicted molar refractivity (Wildman–Crippen MR) is 110 cm³/mol. The molecule has 2 aromatic rings. The molecule has 0 aliphatic heterocycles. The highest BCUT2D eigenvalue weighted by atomic mass is 32.2. The molecule has 168 valence electrons. The summed E-state index contributed by atoms with van der Waals surface area (Å²) in [5.41, 5.74) is 5.69. The highest BCUT2D eigenvalue weighted by Crippen LogP contribution is 2.29. The monoisotopic (exact) mass is 452 g/mol. The summed E-state index contributed by atoms with van der Waals surface area (Å²) >= 11 is 0. The highest BCUT2D eigenvalue weighted by Gasteiger charge is 2.42. The molecular formula is C19H25FN6O4S. The van der Waals surface area contributed by atoms with E-state index in [2.05, 4.69) is 9.97 Å². The first-order valence-electron chi connectivity index (χ1n) is 9.85. The van der Waals surface area contributed by atoms with Gasteiger partial charge in [-0.15, -0.1) is 4.41 Å². The molecule has 0 radical (unpaired) electrons. The Balaban J connectivity index is 1.97. The van der Waals surface area contributed by atoms with Crippen LogP contribution in [0, 0.1) is 18.2 Å². The molecule has 0 unspecified atom stereocenters. The SMILES string of the molecule is Cc1ccc(C(=O)N(C2CCCC2)N(C(=N)N)S(=O)(=O)[C@H](C)Cc2ncc(F)cn2)o1. The van der Waals surface area contributed by atoms with Crippen LogP contribution < -0.4 is 5.73 Å². The van der Waals surface area contributed by atoms with E-state index in [1.165, 1.54) is 13.0 Å². The van der Waals surface area contributed by atoms with Crippen molar-refractivity contribution in [2.45, 2.75) is 57.2 Å². The van der Waals surface area contributed by atoms with E-state index < -0.39 is 39.0 Å². The van der Waals surface area contributed by atoms with Gasteiger partial charge in [-0.3, -0.25) is 10.2 Å². The topological polar surface area (TPSA) is 146 Å². The fourth-order valence-electron chi connectivity index (χ4n) is 3.56. The zero-order chi connectivity index (χ0) is 22.8. The van der Waals surface area contributed by atoms with Crippen molar-refractivity contribution in [1.29, 1.82) is 5.41 Å². The number of carbonyl (C=O) groups is 1. The zero-order valence-electron chi connectivity index (χ0n) is 17.3. The lowest BCUT2D eigenvalue weighted by Gasteiger charge is -2.38. The molecule has 12 heteroatoms. The molecular weight excluding hydrogens is 427 g/mol. The molecule has 2 heterocycles. The van der Waals surface area contributed by atoms with E-state index in [4.69, 9.17) is 15.6 Å². The van der Waals surface area contributed by atoms with Crippen molar-refractivity contribution < 1.29 is 22.0 Å². The van der Waals surface area contributed by atoms with Gasteiger partial charge in [0, 0.05) is 6.42 Å². The second kappa shape index (κ2) is 9.00. The molecule has 0 bridgehead atoms. The van der Waals surface area contributed by atoms with Crippen LogP contribution in [0.1, 0.15) is 54.7 Å². The Labute approximate surface area is 179 Å². The van der Waals surface area contributed by atoms with Gasteiger partial charge in [-0.2, -0.15) is 0 Å². The normalized spacial score (nSPS) is 15.6. The van der Waals surface area contributed by atoms with Gasteiger partial charge in [0.1, 0.15) is 11.6 Å². The highest BCUT2D eigenvalue weighted by molar-refractivity contribution is 7.90. The maximum absolute atomic E-state index is 13.4. The van der Waals surface area contributed by atoms with Gasteiger partial charge in [-0.25, -0.2) is 27.8 Å². The summed E-state index contributed by atoms with van der Waals surface area (Å²) in [6.07, 6.45) is 4.50. The molecule has 0 saturated heterocycles. The fraction of sp³-hybridized carbons (Fsp3) is 0.474. The molecule has 3 N–H and O–H groups in total. The maximum atomic E-state index is 13.4. The minimum Gasteiger partial charge on any atom is -0.456 e. The number of amides is 1. The summed E-state index contributed by atoms with van der Waals surface area (Å²) in [5.74, 6) is -1.58. The molecule has 1 aliphatic rings. The van der Waals surface area contributed by atoms with Crippen molar-refractivity contribution in [3.63, 3.8) is 0 Å². The lowest BCUT2D eigenvalue weighted by molar-refractivity contribution is 0.0337. The minimum absolute atomic E-state index is 0.0413. The molecule has 3 rings (SSSR count). The summed E-state index contributed by atoms with van der Waals surface area (Å²) < 4.78 is 45.9. The van der Waals surface area contributed by atoms with Crippen LogP contribution in [0.5, 0.6) is 0 Å². The van der Waals surface area contributed by atoms with Crippen molar-refractivity contribution in [3.05, 3.63) is 47.7 Å². The number of furan rings is 1. The van der Waals surface area contributed by atoms with E-state index >= 15 is 0 Å². The third-order valence-corrected chi connectivity index (χ3v) is 7.16. The maximum Gasteiger partial charge on any atom is 0.309 e. The zero-order valence-corrected chi connectivity index (χ0v) is 18.1. The first-order valence-corrected chi connectivity index (χ1v) is 11.4. The number of hydrogen-bond donors (Lipinski definition) is 2. The lowest BCUT2D eigenvalue weighted by atomic mass is 10.2. The Morgan fingerprint density at radius 2 is 1.94 bits per heavy atom. The van der Waals surface area contributed by atoms with E-state index in [1.54, 1.807) is 13.0 Å². The van der Waals surface area contributed by atoms with Gasteiger partial charge in [0.05, 0.1) is 23.7 Å². The molecule has 2 aromatic heterocycles. The first-order chi connectivity index (χ1) is 14.6. The van der Waals surface area contributed by atoms with E-state index in [9.17, 15) is 17.6 Å². The van der Waals surface area contributed by atoms with Crippen LogP contribution in [0.4, 0.5) is 4.39 Å². The molecule has 1 aliphatic carbocycles. The molecule has 1 saturated carbocycles. The third-order valence-electron chi connectivity index (χ3n) is 5.12. The van der Waals surface area contributed by atoms with Crippen LogP contribution in [-0.2, 0) is 16.4 Å². The van der Waals surface area contributed by atoms with Crippen molar-refractivity contribution in [1.82, 2.24) is 19.4 Å². The minimum atomic E-state index is -4.32. The Kier molecular flexibility index (Phi) is 6.58. The number of halogens is 1. The molecule has 0 spiro atoms. The number of hydrazine groups is 1. The van der Waals surface area contributed by atoms with Gasteiger partial charge in [0.2, 0.25) is 5.96 Å². The van der Waals surface area contributed by atoms with Crippen LogP contribution in [-0.4, -0.2) is 51.0 Å². The van der Waals surface area contributed by atoms with E-state index in [-0.39, 0.29) is 18.0 Å². The standard InChI is InChI=1S/C19H25FN6O4S/c1-12-7-8-16(30-12)18(27)25(15-5-3-4-6-15)26(19(21)22)31(28,29)13(2)9-17-23-10-14(20)11-24-17/h7-8,10-11,13,15H,3-6,9H2,1-2H3,(H3,21,22)/t13-/m1/s1. The average Bonchev–Trinajstić information content (AvgIpc) is 3.38. The number of carbonyl (C=O) groups excluding carboxylic acids is 1. The van der Waals surface area contributed by atoms with Gasteiger partial charge in [-0.05, 0) is 38.8 Å². The van der Waals surface area contributed by atoms with Gasteiger partial charge in [-0.1, -0.05) is 12.8 Å². The van der Waals surface area contributed by atoms with Crippen LogP contribution >= 0.6 is 0 Å². The number of aromatic nitrogens is 2. The first kappa shape index (κ1) is 22.7. The molecule has 31 heavy (non-hydrogen) atoms. The van der Waals surface area contributed by atoms with Crippen LogP contribution in [0.2, 0.25) is 0 Å². The Hall–Kier alpha value is -3.02. The lowest BCUT2D eigenvalue weighted by Crippen LogP contribution is -2.60. The number of nitrogens with zero attached hydrogens (tertiary/aromatic N) is 4. The summed E-state index contributed by atoms with van der Waals surface area (Å²) in [6.45, 7) is 3.06. The number of aryl methyl sites for hydroxylation is 1. The molecule has 1 amide bonds. The van der Waals surface area contributed by atoms with E-state index in [1.807, 2.05) is 0 Å². The molecule has 1 fully saturated rings. The van der Waals surface area contributed by atoms with Crippen molar-refractivity contribution in [2.24, 2.45) is 5.73 Å². The smallest absolute Gasteiger partial charge is 0.309 e. The number of guanidine groups is 1. The number of rotatable bonds is 6. The second-order valence-corrected chi connectivity index (χ2v) is 9.68. The summed E-state index contributed by atoms with van der Waals surface area (Å²) in [5, 5.41) is 7.86. The van der Waals surface area contributed by atoms with Gasteiger partial charge in [0.15, 0.2) is 11.6 Å². The summed E-state index contributed by atoms with van der Waals surface area (Å²) in [6, 6.07) is 2.60. The Morgan fingerprint density at radius 1 is 1.32 bits per heavy atom. The van der Waals surface area contributed by atoms with Crippen molar-refractivity contribution >= 4 is 21.9 Å². The number of hydrogen-bond acceptors (Lipinski definition) is 7. The van der Waals surface area contributed by atoms with Crippen LogP contribution in [0.3, 0.4) is 0 Å². The molecule has 0 aromatic carbocycles. The number of nitrogens with two attached hydrogens (primary N) is 1. The van der Waals surface area contributed by atoms with E-state index in [0.717, 1.165) is 30.2 Å². The van der Waals surface area contributed by atoms with E-state index in [0.29, 0.717) is 23.0 Å².